The zero-order chi connectivity index (χ0) is 16.1. The molecule has 0 fully saturated rings. The van der Waals surface area contributed by atoms with Gasteiger partial charge in [0.15, 0.2) is 0 Å². The average Bonchev–Trinajstić information content (AvgIpc) is 3.08. The number of aromatic nitrogens is 2. The molecule has 2 aromatic heterocycles. The fourth-order valence-corrected chi connectivity index (χ4v) is 2.89. The summed E-state index contributed by atoms with van der Waals surface area (Å²) in [6.45, 7) is 0. The Kier molecular flexibility index (Phi) is 2.74. The summed E-state index contributed by atoms with van der Waals surface area (Å²) < 4.78 is 1.70. The molecule has 1 amide bonds. The number of likely N-dealkylation sites (N-methyl/N-ethyl adjacent to an activating group) is 1. The van der Waals surface area contributed by atoms with Crippen LogP contribution in [0.1, 0.15) is 15.9 Å². The zero-order valence-corrected chi connectivity index (χ0v) is 12.4. The quantitative estimate of drug-likeness (QED) is 0.787. The van der Waals surface area contributed by atoms with Crippen LogP contribution in [0.3, 0.4) is 0 Å². The maximum absolute atomic E-state index is 11.8. The number of aromatic carboxylic acids is 1. The maximum Gasteiger partial charge on any atom is 0.337 e. The number of carboxylic acids is 1. The third-order valence-corrected chi connectivity index (χ3v) is 4.15. The number of anilines is 1. The molecule has 0 aliphatic carbocycles. The first-order valence-electron chi connectivity index (χ1n) is 7.15. The number of carboxylic acid groups (broad SMARTS) is 1. The Morgan fingerprint density at radius 1 is 1.22 bits per heavy atom. The first-order chi connectivity index (χ1) is 11.0. The summed E-state index contributed by atoms with van der Waals surface area (Å²) in [6.07, 6.45) is 3.74. The summed E-state index contributed by atoms with van der Waals surface area (Å²) in [7, 11) is 1.77. The molecule has 0 unspecified atom stereocenters. The summed E-state index contributed by atoms with van der Waals surface area (Å²) in [5.74, 6) is -0.889. The number of rotatable bonds is 2. The van der Waals surface area contributed by atoms with E-state index in [9.17, 15) is 9.59 Å². The Balaban J connectivity index is 1.79. The van der Waals surface area contributed by atoms with Gasteiger partial charge in [-0.05, 0) is 29.8 Å². The minimum absolute atomic E-state index is 0.0817. The molecule has 0 bridgehead atoms. The molecule has 4 rings (SSSR count). The predicted octanol–water partition coefficient (Wildman–Crippen LogP) is 2.22. The largest absolute Gasteiger partial charge is 0.478 e. The lowest BCUT2D eigenvalue weighted by atomic mass is 10.1. The van der Waals surface area contributed by atoms with Crippen LogP contribution in [-0.4, -0.2) is 33.4 Å². The van der Waals surface area contributed by atoms with Crippen LogP contribution in [0.2, 0.25) is 0 Å². The summed E-state index contributed by atoms with van der Waals surface area (Å²) in [4.78, 5) is 29.0. The minimum Gasteiger partial charge on any atom is -0.478 e. The van der Waals surface area contributed by atoms with E-state index in [1.165, 1.54) is 6.07 Å². The molecule has 23 heavy (non-hydrogen) atoms. The van der Waals surface area contributed by atoms with E-state index in [0.29, 0.717) is 12.1 Å². The minimum atomic E-state index is -0.971. The van der Waals surface area contributed by atoms with Gasteiger partial charge in [-0.1, -0.05) is 6.07 Å². The van der Waals surface area contributed by atoms with Gasteiger partial charge in [-0.2, -0.15) is 0 Å². The molecule has 0 saturated heterocycles. The van der Waals surface area contributed by atoms with Crippen molar-refractivity contribution in [3.05, 3.63) is 53.9 Å². The summed E-state index contributed by atoms with van der Waals surface area (Å²) in [5, 5.41) is 9.05. The van der Waals surface area contributed by atoms with Crippen molar-refractivity contribution in [2.24, 2.45) is 0 Å². The highest BCUT2D eigenvalue weighted by molar-refractivity contribution is 6.01. The first-order valence-corrected chi connectivity index (χ1v) is 7.15. The average molecular weight is 307 g/mol. The number of hydrogen-bond donors (Lipinski definition) is 1. The Hall–Kier alpha value is -3.15. The number of amides is 1. The van der Waals surface area contributed by atoms with Gasteiger partial charge in [0, 0.05) is 30.7 Å². The molecule has 0 radical (unpaired) electrons. The highest BCUT2D eigenvalue weighted by Gasteiger charge is 2.24. The number of benzene rings is 1. The normalized spacial score (nSPS) is 13.6. The molecule has 0 spiro atoms. The van der Waals surface area contributed by atoms with E-state index in [2.05, 4.69) is 4.98 Å². The molecular formula is C17H13N3O3. The second-order valence-corrected chi connectivity index (χ2v) is 5.59. The SMILES string of the molecule is CN1C(=O)Cc2cc(-c3cn4cc(C(=O)O)ccc4n3)ccc21. The lowest BCUT2D eigenvalue weighted by Gasteiger charge is -2.09. The fourth-order valence-electron chi connectivity index (χ4n) is 2.89. The predicted molar refractivity (Wildman–Crippen MR) is 84.7 cm³/mol. The molecule has 6 nitrogen and oxygen atoms in total. The van der Waals surface area contributed by atoms with Crippen LogP contribution in [-0.2, 0) is 11.2 Å². The summed E-state index contributed by atoms with van der Waals surface area (Å²) >= 11 is 0. The number of hydrogen-bond acceptors (Lipinski definition) is 3. The maximum atomic E-state index is 11.8. The molecule has 3 aromatic rings. The standard InChI is InChI=1S/C17H13N3O3/c1-19-14-4-2-10(6-12(14)7-16(19)21)13-9-20-8-11(17(22)23)3-5-15(20)18-13/h2-6,8-9H,7H2,1H3,(H,22,23). The van der Waals surface area contributed by atoms with Gasteiger partial charge in [0.05, 0.1) is 17.7 Å². The number of pyridine rings is 1. The number of carbonyl (C=O) groups is 2. The van der Waals surface area contributed by atoms with Crippen LogP contribution in [0.5, 0.6) is 0 Å². The number of nitrogens with zero attached hydrogens (tertiary/aromatic N) is 3. The number of carbonyl (C=O) groups excluding carboxylic acids is 1. The van der Waals surface area contributed by atoms with Crippen molar-refractivity contribution in [1.82, 2.24) is 9.38 Å². The van der Waals surface area contributed by atoms with Crippen molar-refractivity contribution in [1.29, 1.82) is 0 Å². The highest BCUT2D eigenvalue weighted by atomic mass is 16.4. The second kappa shape index (κ2) is 4.67. The highest BCUT2D eigenvalue weighted by Crippen LogP contribution is 2.31. The number of fused-ring (bicyclic) bond motifs is 2. The first kappa shape index (κ1) is 13.5. The third-order valence-electron chi connectivity index (χ3n) is 4.15. The van der Waals surface area contributed by atoms with Crippen LogP contribution in [0.4, 0.5) is 5.69 Å². The van der Waals surface area contributed by atoms with Gasteiger partial charge in [0.25, 0.3) is 0 Å². The van der Waals surface area contributed by atoms with Gasteiger partial charge in [0.1, 0.15) is 5.65 Å². The smallest absolute Gasteiger partial charge is 0.337 e. The van der Waals surface area contributed by atoms with E-state index in [4.69, 9.17) is 5.11 Å². The Morgan fingerprint density at radius 3 is 2.83 bits per heavy atom. The Morgan fingerprint density at radius 2 is 2.04 bits per heavy atom. The van der Waals surface area contributed by atoms with Crippen molar-refractivity contribution in [2.75, 3.05) is 11.9 Å². The molecule has 0 atom stereocenters. The van der Waals surface area contributed by atoms with Crippen LogP contribution in [0.15, 0.2) is 42.7 Å². The van der Waals surface area contributed by atoms with Crippen LogP contribution in [0.25, 0.3) is 16.9 Å². The topological polar surface area (TPSA) is 74.9 Å². The Labute approximate surface area is 131 Å². The van der Waals surface area contributed by atoms with Crippen LogP contribution in [0, 0.1) is 0 Å². The van der Waals surface area contributed by atoms with Crippen molar-refractivity contribution in [2.45, 2.75) is 6.42 Å². The van der Waals surface area contributed by atoms with Crippen LogP contribution >= 0.6 is 0 Å². The zero-order valence-electron chi connectivity index (χ0n) is 12.4. The Bertz CT molecular complexity index is 974. The summed E-state index contributed by atoms with van der Waals surface area (Å²) in [5.41, 5.74) is 4.46. The van der Waals surface area contributed by atoms with E-state index in [0.717, 1.165) is 22.5 Å². The van der Waals surface area contributed by atoms with Gasteiger partial charge in [-0.25, -0.2) is 9.78 Å². The number of imidazole rings is 1. The summed E-state index contributed by atoms with van der Waals surface area (Å²) in [6, 6.07) is 9.02. The van der Waals surface area contributed by atoms with E-state index in [1.54, 1.807) is 34.8 Å². The van der Waals surface area contributed by atoms with Gasteiger partial charge in [-0.3, -0.25) is 4.79 Å². The molecule has 3 heterocycles. The third kappa shape index (κ3) is 2.07. The second-order valence-electron chi connectivity index (χ2n) is 5.59. The van der Waals surface area contributed by atoms with E-state index in [1.807, 2.05) is 18.2 Å². The molecule has 1 aromatic carbocycles. The van der Waals surface area contributed by atoms with E-state index < -0.39 is 5.97 Å². The van der Waals surface area contributed by atoms with Gasteiger partial charge in [-0.15, -0.1) is 0 Å². The fraction of sp³-hybridized carbons (Fsp3) is 0.118. The van der Waals surface area contributed by atoms with Crippen LogP contribution < -0.4 is 4.90 Å². The van der Waals surface area contributed by atoms with Crippen molar-refractivity contribution >= 4 is 23.2 Å². The van der Waals surface area contributed by atoms with E-state index in [-0.39, 0.29) is 11.5 Å². The monoisotopic (exact) mass is 307 g/mol. The molecule has 1 aliphatic heterocycles. The van der Waals surface area contributed by atoms with Gasteiger partial charge in [0.2, 0.25) is 5.91 Å². The van der Waals surface area contributed by atoms with Crippen molar-refractivity contribution in [3.63, 3.8) is 0 Å². The molecule has 1 aliphatic rings. The lowest BCUT2D eigenvalue weighted by molar-refractivity contribution is -0.117. The lowest BCUT2D eigenvalue weighted by Crippen LogP contribution is -2.20. The molecule has 114 valence electrons. The van der Waals surface area contributed by atoms with E-state index >= 15 is 0 Å². The molecular weight excluding hydrogens is 294 g/mol. The van der Waals surface area contributed by atoms with Crippen molar-refractivity contribution in [3.8, 4) is 11.3 Å². The van der Waals surface area contributed by atoms with Crippen molar-refractivity contribution < 1.29 is 14.7 Å². The molecule has 6 heteroatoms. The molecule has 0 saturated carbocycles. The van der Waals surface area contributed by atoms with Gasteiger partial charge < -0.3 is 14.4 Å². The van der Waals surface area contributed by atoms with Gasteiger partial charge >= 0.3 is 5.97 Å². The molecule has 1 N–H and O–H groups in total.